The first-order valence-corrected chi connectivity index (χ1v) is 8.35. The molecule has 1 fully saturated rings. The van der Waals surface area contributed by atoms with Crippen LogP contribution in [0.3, 0.4) is 0 Å². The maximum Gasteiger partial charge on any atom is 0.230 e. The Kier molecular flexibility index (Phi) is 3.68. The van der Waals surface area contributed by atoms with E-state index in [2.05, 4.69) is 58.0 Å². The molecule has 25 heavy (non-hydrogen) atoms. The van der Waals surface area contributed by atoms with Crippen LogP contribution >= 0.6 is 0 Å². The molecule has 0 unspecified atom stereocenters. The van der Waals surface area contributed by atoms with Gasteiger partial charge in [-0.3, -0.25) is 4.90 Å². The van der Waals surface area contributed by atoms with Gasteiger partial charge in [-0.25, -0.2) is 0 Å². The molecule has 1 saturated heterocycles. The van der Waals surface area contributed by atoms with Gasteiger partial charge in [0.25, 0.3) is 0 Å². The fourth-order valence-electron chi connectivity index (χ4n) is 2.94. The molecule has 0 spiro atoms. The minimum atomic E-state index is -0.104. The second-order valence-electron chi connectivity index (χ2n) is 7.54. The van der Waals surface area contributed by atoms with Crippen molar-refractivity contribution in [2.45, 2.75) is 38.8 Å². The van der Waals surface area contributed by atoms with Crippen molar-refractivity contribution in [3.05, 3.63) is 30.2 Å². The Balaban J connectivity index is 1.47. The number of hydrogen-bond donors (Lipinski definition) is 0. The molecule has 4 heterocycles. The Hall–Kier alpha value is -2.55. The van der Waals surface area contributed by atoms with Crippen molar-refractivity contribution in [3.63, 3.8) is 0 Å². The molecule has 0 saturated carbocycles. The van der Waals surface area contributed by atoms with E-state index in [1.165, 1.54) is 6.39 Å². The number of rotatable bonds is 4. The van der Waals surface area contributed by atoms with Crippen LogP contribution in [0.4, 0.5) is 5.82 Å². The molecule has 9 heteroatoms. The summed E-state index contributed by atoms with van der Waals surface area (Å²) in [6.07, 6.45) is 1.36. The summed E-state index contributed by atoms with van der Waals surface area (Å²) in [6, 6.07) is 4.41. The second kappa shape index (κ2) is 5.76. The van der Waals surface area contributed by atoms with Gasteiger partial charge in [0.05, 0.1) is 6.54 Å². The lowest BCUT2D eigenvalue weighted by atomic mass is 9.96. The van der Waals surface area contributed by atoms with Crippen molar-refractivity contribution in [2.24, 2.45) is 0 Å². The zero-order chi connectivity index (χ0) is 17.6. The highest BCUT2D eigenvalue weighted by atomic mass is 16.4. The molecular weight excluding hydrogens is 320 g/mol. The molecule has 1 aliphatic heterocycles. The third-order valence-electron chi connectivity index (χ3n) is 4.52. The predicted molar refractivity (Wildman–Crippen MR) is 91.2 cm³/mol. The minimum absolute atomic E-state index is 0.104. The zero-order valence-electron chi connectivity index (χ0n) is 14.9. The first-order chi connectivity index (χ1) is 11.9. The highest BCUT2D eigenvalue weighted by molar-refractivity contribution is 5.48. The molecule has 0 aliphatic carbocycles. The molecule has 0 amide bonds. The van der Waals surface area contributed by atoms with Crippen LogP contribution in [0.15, 0.2) is 22.9 Å². The molecule has 0 atom stereocenters. The van der Waals surface area contributed by atoms with Crippen molar-refractivity contribution in [2.75, 3.05) is 25.0 Å². The monoisotopic (exact) mass is 342 g/mol. The number of anilines is 1. The van der Waals surface area contributed by atoms with Crippen LogP contribution in [-0.4, -0.2) is 61.1 Å². The van der Waals surface area contributed by atoms with Gasteiger partial charge < -0.3 is 9.32 Å². The minimum Gasteiger partial charge on any atom is -0.427 e. The Bertz CT molecular complexity index is 860. The summed E-state index contributed by atoms with van der Waals surface area (Å²) in [5, 5.41) is 20.9. The maximum absolute atomic E-state index is 5.21. The van der Waals surface area contributed by atoms with E-state index in [4.69, 9.17) is 9.52 Å². The van der Waals surface area contributed by atoms with E-state index in [9.17, 15) is 0 Å². The number of aromatic nitrogens is 6. The fraction of sp³-hybridized carbons (Fsp3) is 0.562. The summed E-state index contributed by atoms with van der Waals surface area (Å²) in [6.45, 7) is 8.83. The van der Waals surface area contributed by atoms with Crippen molar-refractivity contribution >= 4 is 11.5 Å². The Morgan fingerprint density at radius 1 is 1.20 bits per heavy atom. The largest absolute Gasteiger partial charge is 0.427 e. The van der Waals surface area contributed by atoms with Crippen molar-refractivity contribution in [3.8, 4) is 0 Å². The normalized spacial score (nSPS) is 16.0. The first-order valence-electron chi connectivity index (χ1n) is 8.35. The summed E-state index contributed by atoms with van der Waals surface area (Å²) in [4.78, 5) is 4.47. The fourth-order valence-corrected chi connectivity index (χ4v) is 2.94. The van der Waals surface area contributed by atoms with Gasteiger partial charge in [0.2, 0.25) is 12.3 Å². The van der Waals surface area contributed by atoms with Crippen molar-refractivity contribution in [1.29, 1.82) is 0 Å². The molecule has 0 N–H and O–H groups in total. The first kappa shape index (κ1) is 15.9. The molecule has 0 aromatic carbocycles. The van der Waals surface area contributed by atoms with E-state index in [-0.39, 0.29) is 5.41 Å². The van der Waals surface area contributed by atoms with Crippen LogP contribution in [0.1, 0.15) is 32.5 Å². The smallest absolute Gasteiger partial charge is 0.230 e. The van der Waals surface area contributed by atoms with E-state index < -0.39 is 0 Å². The van der Waals surface area contributed by atoms with Gasteiger partial charge in [0.1, 0.15) is 5.82 Å². The Morgan fingerprint density at radius 2 is 2.00 bits per heavy atom. The van der Waals surface area contributed by atoms with Gasteiger partial charge in [0.15, 0.2) is 11.5 Å². The lowest BCUT2D eigenvalue weighted by Crippen LogP contribution is -2.58. The summed E-state index contributed by atoms with van der Waals surface area (Å²) in [5.74, 6) is 2.45. The van der Waals surface area contributed by atoms with Crippen LogP contribution in [0.5, 0.6) is 0 Å². The SMILES string of the molecule is CN(Cc1nnco1)C1CN(c2ccc3nnc(C(C)(C)C)n3n2)C1. The average molecular weight is 342 g/mol. The average Bonchev–Trinajstić information content (AvgIpc) is 3.13. The zero-order valence-corrected chi connectivity index (χ0v) is 14.9. The van der Waals surface area contributed by atoms with Gasteiger partial charge in [0, 0.05) is 24.5 Å². The number of likely N-dealkylation sites (N-methyl/N-ethyl adjacent to an activating group) is 1. The molecule has 1 aliphatic rings. The van der Waals surface area contributed by atoms with Gasteiger partial charge >= 0.3 is 0 Å². The van der Waals surface area contributed by atoms with Gasteiger partial charge in [-0.1, -0.05) is 20.8 Å². The third-order valence-corrected chi connectivity index (χ3v) is 4.52. The maximum atomic E-state index is 5.21. The molecule has 3 aromatic heterocycles. The van der Waals surface area contributed by atoms with Crippen molar-refractivity contribution < 1.29 is 4.42 Å². The summed E-state index contributed by atoms with van der Waals surface area (Å²) >= 11 is 0. The molecule has 0 bridgehead atoms. The second-order valence-corrected chi connectivity index (χ2v) is 7.54. The van der Waals surface area contributed by atoms with Gasteiger partial charge in [-0.2, -0.15) is 4.52 Å². The highest BCUT2D eigenvalue weighted by Crippen LogP contribution is 2.25. The summed E-state index contributed by atoms with van der Waals surface area (Å²) in [5.41, 5.74) is 0.673. The van der Waals surface area contributed by atoms with E-state index in [1.54, 1.807) is 0 Å². The molecule has 4 rings (SSSR count). The van der Waals surface area contributed by atoms with E-state index in [0.717, 1.165) is 30.4 Å². The van der Waals surface area contributed by atoms with E-state index in [0.29, 0.717) is 18.5 Å². The Labute approximate surface area is 145 Å². The van der Waals surface area contributed by atoms with Crippen LogP contribution in [-0.2, 0) is 12.0 Å². The summed E-state index contributed by atoms with van der Waals surface area (Å²) < 4.78 is 7.06. The van der Waals surface area contributed by atoms with Crippen LogP contribution < -0.4 is 4.90 Å². The molecule has 0 radical (unpaired) electrons. The predicted octanol–water partition coefficient (Wildman–Crippen LogP) is 1.13. The van der Waals surface area contributed by atoms with E-state index in [1.807, 2.05) is 16.6 Å². The lowest BCUT2D eigenvalue weighted by molar-refractivity contribution is 0.180. The molecule has 132 valence electrons. The Morgan fingerprint density at radius 3 is 2.68 bits per heavy atom. The summed E-state index contributed by atoms with van der Waals surface area (Å²) in [7, 11) is 2.07. The molecule has 9 nitrogen and oxygen atoms in total. The van der Waals surface area contributed by atoms with Crippen molar-refractivity contribution in [1.82, 2.24) is 34.9 Å². The highest BCUT2D eigenvalue weighted by Gasteiger charge is 2.32. The lowest BCUT2D eigenvalue weighted by Gasteiger charge is -2.44. The molecular formula is C16H22N8O. The van der Waals surface area contributed by atoms with Crippen LogP contribution in [0.25, 0.3) is 5.65 Å². The van der Waals surface area contributed by atoms with Gasteiger partial charge in [-0.15, -0.1) is 25.5 Å². The van der Waals surface area contributed by atoms with E-state index >= 15 is 0 Å². The quantitative estimate of drug-likeness (QED) is 0.697. The third kappa shape index (κ3) is 2.95. The topological polar surface area (TPSA) is 88.5 Å². The van der Waals surface area contributed by atoms with Gasteiger partial charge in [-0.05, 0) is 19.2 Å². The van der Waals surface area contributed by atoms with Crippen LogP contribution in [0.2, 0.25) is 0 Å². The number of fused-ring (bicyclic) bond motifs is 1. The number of hydrogen-bond acceptors (Lipinski definition) is 8. The molecule has 3 aromatic rings. The number of nitrogens with zero attached hydrogens (tertiary/aromatic N) is 8. The van der Waals surface area contributed by atoms with Crippen LogP contribution in [0, 0.1) is 0 Å². The standard InChI is InChI=1S/C16H22N8O/c1-16(2,3)15-20-18-12-5-6-13(21-24(12)15)23-7-11(8-23)22(4)9-14-19-17-10-25-14/h5-6,10-11H,7-9H2,1-4H3.